The van der Waals surface area contributed by atoms with Crippen LogP contribution in [0.2, 0.25) is 5.02 Å². The SMILES string of the molecule is O=C(OCc1nc2cc(Cl)ccc2c(=O)[nH]1)C1CCN(S(=O)(=O)c2cccs2)CC1. The number of benzene rings is 1. The summed E-state index contributed by atoms with van der Waals surface area (Å²) < 4.78 is 32.2. The van der Waals surface area contributed by atoms with Gasteiger partial charge in [-0.1, -0.05) is 17.7 Å². The summed E-state index contributed by atoms with van der Waals surface area (Å²) in [5.41, 5.74) is 0.0826. The summed E-state index contributed by atoms with van der Waals surface area (Å²) in [4.78, 5) is 31.5. The van der Waals surface area contributed by atoms with Crippen LogP contribution in [0.4, 0.5) is 0 Å². The Labute approximate surface area is 181 Å². The molecule has 2 aromatic heterocycles. The molecular weight excluding hydrogens is 450 g/mol. The highest BCUT2D eigenvalue weighted by Crippen LogP contribution is 2.27. The minimum Gasteiger partial charge on any atom is -0.457 e. The van der Waals surface area contributed by atoms with Crippen molar-refractivity contribution in [3.05, 3.63) is 56.9 Å². The molecule has 0 unspecified atom stereocenters. The number of carbonyl (C=O) groups excluding carboxylic acids is 1. The topological polar surface area (TPSA) is 109 Å². The van der Waals surface area contributed by atoms with Gasteiger partial charge in [0, 0.05) is 18.1 Å². The standard InChI is InChI=1S/C19H18ClN3O5S2/c20-13-3-4-14-15(10-13)21-16(22-18(14)24)11-28-19(25)12-5-7-23(8-6-12)30(26,27)17-2-1-9-29-17/h1-4,9-10,12H,5-8,11H2,(H,21,22,24). The first-order chi connectivity index (χ1) is 14.3. The van der Waals surface area contributed by atoms with Crippen molar-refractivity contribution in [1.82, 2.24) is 14.3 Å². The second kappa shape index (κ2) is 8.46. The number of esters is 1. The number of nitrogens with one attached hydrogen (secondary N) is 1. The molecule has 1 fully saturated rings. The molecule has 0 spiro atoms. The van der Waals surface area contributed by atoms with Gasteiger partial charge in [-0.15, -0.1) is 11.3 Å². The molecule has 1 N–H and O–H groups in total. The third kappa shape index (κ3) is 4.27. The summed E-state index contributed by atoms with van der Waals surface area (Å²) in [5, 5.41) is 2.57. The first kappa shape index (κ1) is 21.0. The van der Waals surface area contributed by atoms with E-state index in [4.69, 9.17) is 16.3 Å². The first-order valence-corrected chi connectivity index (χ1v) is 11.9. The lowest BCUT2D eigenvalue weighted by atomic mass is 9.98. The van der Waals surface area contributed by atoms with E-state index in [1.54, 1.807) is 35.7 Å². The zero-order valence-corrected chi connectivity index (χ0v) is 18.1. The number of halogens is 1. The molecular formula is C19H18ClN3O5S2. The fraction of sp³-hybridized carbons (Fsp3) is 0.316. The lowest BCUT2D eigenvalue weighted by Gasteiger charge is -2.29. The van der Waals surface area contributed by atoms with Crippen LogP contribution in [0.25, 0.3) is 10.9 Å². The highest BCUT2D eigenvalue weighted by molar-refractivity contribution is 7.91. The normalized spacial score (nSPS) is 16.0. The minimum atomic E-state index is -3.51. The quantitative estimate of drug-likeness (QED) is 0.578. The summed E-state index contributed by atoms with van der Waals surface area (Å²) in [6, 6.07) is 8.02. The number of sulfonamides is 1. The monoisotopic (exact) mass is 467 g/mol. The number of aromatic amines is 1. The van der Waals surface area contributed by atoms with Crippen LogP contribution in [0.15, 0.2) is 44.7 Å². The molecule has 1 aromatic carbocycles. The number of hydrogen-bond donors (Lipinski definition) is 1. The van der Waals surface area contributed by atoms with Crippen LogP contribution in [0, 0.1) is 5.92 Å². The number of hydrogen-bond acceptors (Lipinski definition) is 7. The first-order valence-electron chi connectivity index (χ1n) is 9.23. The highest BCUT2D eigenvalue weighted by Gasteiger charge is 2.33. The Morgan fingerprint density at radius 1 is 1.30 bits per heavy atom. The number of ether oxygens (including phenoxy) is 1. The number of aromatic nitrogens is 2. The smallest absolute Gasteiger partial charge is 0.309 e. The van der Waals surface area contributed by atoms with Crippen LogP contribution >= 0.6 is 22.9 Å². The van der Waals surface area contributed by atoms with Crippen molar-refractivity contribution in [2.24, 2.45) is 5.92 Å². The van der Waals surface area contributed by atoms with Crippen molar-refractivity contribution in [3.8, 4) is 0 Å². The fourth-order valence-electron chi connectivity index (χ4n) is 3.36. The molecule has 3 heterocycles. The van der Waals surface area contributed by atoms with E-state index in [1.807, 2.05) is 0 Å². The maximum Gasteiger partial charge on any atom is 0.309 e. The van der Waals surface area contributed by atoms with Gasteiger partial charge in [0.05, 0.1) is 16.8 Å². The van der Waals surface area contributed by atoms with Crippen LogP contribution in [0.1, 0.15) is 18.7 Å². The largest absolute Gasteiger partial charge is 0.457 e. The molecule has 0 aliphatic carbocycles. The van der Waals surface area contributed by atoms with Gasteiger partial charge in [0.25, 0.3) is 15.6 Å². The Morgan fingerprint density at radius 2 is 2.07 bits per heavy atom. The second-order valence-corrected chi connectivity index (χ2v) is 10.4. The van der Waals surface area contributed by atoms with Gasteiger partial charge in [-0.2, -0.15) is 4.31 Å². The maximum atomic E-state index is 12.6. The third-order valence-electron chi connectivity index (χ3n) is 4.95. The van der Waals surface area contributed by atoms with Gasteiger partial charge in [-0.05, 0) is 42.5 Å². The number of nitrogens with zero attached hydrogens (tertiary/aromatic N) is 2. The number of carbonyl (C=O) groups is 1. The molecule has 1 aliphatic rings. The molecule has 11 heteroatoms. The second-order valence-electron chi connectivity index (χ2n) is 6.89. The number of H-pyrrole nitrogens is 1. The van der Waals surface area contributed by atoms with E-state index in [1.165, 1.54) is 15.6 Å². The van der Waals surface area contributed by atoms with Crippen molar-refractivity contribution in [1.29, 1.82) is 0 Å². The molecule has 0 atom stereocenters. The van der Waals surface area contributed by atoms with Crippen molar-refractivity contribution in [2.45, 2.75) is 23.7 Å². The van der Waals surface area contributed by atoms with Gasteiger partial charge >= 0.3 is 5.97 Å². The van der Waals surface area contributed by atoms with E-state index in [2.05, 4.69) is 9.97 Å². The van der Waals surface area contributed by atoms with E-state index in [0.29, 0.717) is 33.0 Å². The molecule has 3 aromatic rings. The Hall–Kier alpha value is -2.27. The number of fused-ring (bicyclic) bond motifs is 1. The van der Waals surface area contributed by atoms with Gasteiger partial charge in [0.1, 0.15) is 16.6 Å². The van der Waals surface area contributed by atoms with Crippen LogP contribution in [0.3, 0.4) is 0 Å². The number of rotatable bonds is 5. The minimum absolute atomic E-state index is 0.176. The van der Waals surface area contributed by atoms with Gasteiger partial charge < -0.3 is 9.72 Å². The predicted octanol–water partition coefficient (Wildman–Crippen LogP) is 2.78. The van der Waals surface area contributed by atoms with Crippen molar-refractivity contribution in [2.75, 3.05) is 13.1 Å². The molecule has 158 valence electrons. The Morgan fingerprint density at radius 3 is 2.77 bits per heavy atom. The van der Waals surface area contributed by atoms with E-state index in [0.717, 1.165) is 0 Å². The summed E-state index contributed by atoms with van der Waals surface area (Å²) in [7, 11) is -3.51. The number of thiophene rings is 1. The van der Waals surface area contributed by atoms with Crippen LogP contribution in [-0.2, 0) is 26.2 Å². The third-order valence-corrected chi connectivity index (χ3v) is 8.45. The molecule has 0 radical (unpaired) electrons. The lowest BCUT2D eigenvalue weighted by Crippen LogP contribution is -2.40. The summed E-state index contributed by atoms with van der Waals surface area (Å²) in [5.74, 6) is -0.612. The molecule has 8 nitrogen and oxygen atoms in total. The van der Waals surface area contributed by atoms with E-state index in [9.17, 15) is 18.0 Å². The molecule has 4 rings (SSSR count). The molecule has 0 amide bonds. The zero-order valence-electron chi connectivity index (χ0n) is 15.7. The lowest BCUT2D eigenvalue weighted by molar-refractivity contribution is -0.151. The van der Waals surface area contributed by atoms with E-state index >= 15 is 0 Å². The molecule has 0 bridgehead atoms. The maximum absolute atomic E-state index is 12.6. The van der Waals surface area contributed by atoms with Crippen LogP contribution in [-0.4, -0.2) is 41.7 Å². The fourth-order valence-corrected chi connectivity index (χ4v) is 6.14. The Kier molecular flexibility index (Phi) is 5.92. The van der Waals surface area contributed by atoms with Crippen LogP contribution < -0.4 is 5.56 Å². The Balaban J connectivity index is 1.37. The summed E-state index contributed by atoms with van der Waals surface area (Å²) in [6.45, 7) is 0.331. The molecule has 30 heavy (non-hydrogen) atoms. The van der Waals surface area contributed by atoms with E-state index in [-0.39, 0.29) is 31.1 Å². The van der Waals surface area contributed by atoms with Gasteiger partial charge in [0.15, 0.2) is 0 Å². The van der Waals surface area contributed by atoms with Crippen molar-refractivity contribution in [3.63, 3.8) is 0 Å². The van der Waals surface area contributed by atoms with Crippen molar-refractivity contribution < 1.29 is 17.9 Å². The zero-order chi connectivity index (χ0) is 21.3. The average molecular weight is 468 g/mol. The van der Waals surface area contributed by atoms with Crippen molar-refractivity contribution >= 4 is 49.8 Å². The average Bonchev–Trinajstić information content (AvgIpc) is 3.27. The molecule has 0 saturated carbocycles. The Bertz CT molecular complexity index is 1230. The summed E-state index contributed by atoms with van der Waals surface area (Å²) >= 11 is 7.12. The van der Waals surface area contributed by atoms with Crippen LogP contribution in [0.5, 0.6) is 0 Å². The van der Waals surface area contributed by atoms with Gasteiger partial charge in [0.2, 0.25) is 0 Å². The molecule has 1 saturated heterocycles. The van der Waals surface area contributed by atoms with E-state index < -0.39 is 21.9 Å². The molecule has 1 aliphatic heterocycles. The highest BCUT2D eigenvalue weighted by atomic mass is 35.5. The van der Waals surface area contributed by atoms with Gasteiger partial charge in [-0.25, -0.2) is 13.4 Å². The summed E-state index contributed by atoms with van der Waals surface area (Å²) in [6.07, 6.45) is 0.751. The predicted molar refractivity (Wildman–Crippen MR) is 113 cm³/mol. The van der Waals surface area contributed by atoms with Gasteiger partial charge in [-0.3, -0.25) is 9.59 Å². The number of piperidine rings is 1.